The lowest BCUT2D eigenvalue weighted by atomic mass is 10.1. The van der Waals surface area contributed by atoms with Gasteiger partial charge in [-0.2, -0.15) is 0 Å². The number of carbonyl (C=O) groups is 1. The van der Waals surface area contributed by atoms with Crippen LogP contribution in [0.1, 0.15) is 10.4 Å². The van der Waals surface area contributed by atoms with Crippen molar-refractivity contribution in [3.8, 4) is 17.2 Å². The lowest BCUT2D eigenvalue weighted by Crippen LogP contribution is -2.29. The van der Waals surface area contributed by atoms with Crippen LogP contribution in [0.15, 0.2) is 12.1 Å². The standard InChI is InChI=1S/C7H8N2O4/c8-9-7(13)4-1-3(10)2-5(11)6(4)12/h1-2,10-12H,8H2,(H,9,13). The molecule has 1 rings (SSSR count). The van der Waals surface area contributed by atoms with E-state index in [1.165, 1.54) is 0 Å². The fraction of sp³-hybridized carbons (Fsp3) is 0. The van der Waals surface area contributed by atoms with Gasteiger partial charge in [0.1, 0.15) is 5.75 Å². The summed E-state index contributed by atoms with van der Waals surface area (Å²) >= 11 is 0. The second-order valence-electron chi connectivity index (χ2n) is 2.33. The number of nitrogens with one attached hydrogen (secondary N) is 1. The Morgan fingerprint density at radius 1 is 1.31 bits per heavy atom. The predicted molar refractivity (Wildman–Crippen MR) is 43.1 cm³/mol. The van der Waals surface area contributed by atoms with E-state index in [1.807, 2.05) is 0 Å². The molecule has 0 heterocycles. The monoisotopic (exact) mass is 184 g/mol. The first-order chi connectivity index (χ1) is 6.06. The Morgan fingerprint density at radius 2 is 1.92 bits per heavy atom. The number of hydrazine groups is 1. The van der Waals surface area contributed by atoms with E-state index in [2.05, 4.69) is 0 Å². The normalized spacial score (nSPS) is 9.62. The predicted octanol–water partition coefficient (Wildman–Crippen LogP) is -0.593. The van der Waals surface area contributed by atoms with E-state index in [0.717, 1.165) is 12.1 Å². The lowest BCUT2D eigenvalue weighted by Gasteiger charge is -2.05. The van der Waals surface area contributed by atoms with Gasteiger partial charge in [0.2, 0.25) is 0 Å². The van der Waals surface area contributed by atoms with Crippen LogP contribution in [0, 0.1) is 0 Å². The molecule has 1 aromatic carbocycles. The highest BCUT2D eigenvalue weighted by molar-refractivity contribution is 5.97. The van der Waals surface area contributed by atoms with Crippen molar-refractivity contribution in [2.24, 2.45) is 5.84 Å². The zero-order valence-electron chi connectivity index (χ0n) is 6.48. The molecule has 70 valence electrons. The Balaban J connectivity index is 3.28. The number of nitrogens with two attached hydrogens (primary N) is 1. The van der Waals surface area contributed by atoms with E-state index in [9.17, 15) is 4.79 Å². The fourth-order valence-corrected chi connectivity index (χ4v) is 0.855. The summed E-state index contributed by atoms with van der Waals surface area (Å²) in [5, 5.41) is 27.1. The molecule has 6 N–H and O–H groups in total. The summed E-state index contributed by atoms with van der Waals surface area (Å²) in [7, 11) is 0. The van der Waals surface area contributed by atoms with Gasteiger partial charge in [-0.25, -0.2) is 5.84 Å². The summed E-state index contributed by atoms with van der Waals surface area (Å²) in [4.78, 5) is 10.9. The Bertz CT molecular complexity index is 351. The van der Waals surface area contributed by atoms with E-state index in [1.54, 1.807) is 5.43 Å². The topological polar surface area (TPSA) is 116 Å². The van der Waals surface area contributed by atoms with Crippen molar-refractivity contribution in [1.82, 2.24) is 5.43 Å². The number of hydrogen-bond acceptors (Lipinski definition) is 5. The molecule has 0 fully saturated rings. The Hall–Kier alpha value is -1.95. The maximum Gasteiger partial charge on any atom is 0.269 e. The molecule has 13 heavy (non-hydrogen) atoms. The lowest BCUT2D eigenvalue weighted by molar-refractivity contribution is 0.0950. The molecule has 0 radical (unpaired) electrons. The SMILES string of the molecule is NNC(=O)c1cc(O)cc(O)c1O. The van der Waals surface area contributed by atoms with Crippen molar-refractivity contribution < 1.29 is 20.1 Å². The minimum absolute atomic E-state index is 0.292. The smallest absolute Gasteiger partial charge is 0.269 e. The molecule has 0 unspecified atom stereocenters. The molecule has 1 aromatic rings. The first-order valence-electron chi connectivity index (χ1n) is 3.32. The summed E-state index contributed by atoms with van der Waals surface area (Å²) in [6, 6.07) is 1.89. The second kappa shape index (κ2) is 3.20. The summed E-state index contributed by atoms with van der Waals surface area (Å²) in [6.07, 6.45) is 0. The van der Waals surface area contributed by atoms with Gasteiger partial charge in [0.25, 0.3) is 5.91 Å². The average Bonchev–Trinajstić information content (AvgIpc) is 2.10. The number of phenolic OH excluding ortho intramolecular Hbond substituents is 3. The quantitative estimate of drug-likeness (QED) is 0.131. The first kappa shape index (κ1) is 9.14. The highest BCUT2D eigenvalue weighted by Gasteiger charge is 2.14. The summed E-state index contributed by atoms with van der Waals surface area (Å²) < 4.78 is 0. The van der Waals surface area contributed by atoms with Gasteiger partial charge in [0.15, 0.2) is 11.5 Å². The van der Waals surface area contributed by atoms with Crippen molar-refractivity contribution in [3.63, 3.8) is 0 Å². The van der Waals surface area contributed by atoms with Crippen LogP contribution in [0.3, 0.4) is 0 Å². The summed E-state index contributed by atoms with van der Waals surface area (Å²) in [5.41, 5.74) is 1.46. The molecular weight excluding hydrogens is 176 g/mol. The maximum absolute atomic E-state index is 10.9. The molecular formula is C7H8N2O4. The maximum atomic E-state index is 10.9. The first-order valence-corrected chi connectivity index (χ1v) is 3.32. The highest BCUT2D eigenvalue weighted by atomic mass is 16.3. The van der Waals surface area contributed by atoms with Gasteiger partial charge in [0, 0.05) is 6.07 Å². The van der Waals surface area contributed by atoms with Gasteiger partial charge in [-0.1, -0.05) is 0 Å². The second-order valence-corrected chi connectivity index (χ2v) is 2.33. The number of hydrogen-bond donors (Lipinski definition) is 5. The zero-order chi connectivity index (χ0) is 10.0. The molecule has 0 aliphatic rings. The number of aromatic hydroxyl groups is 3. The third-order valence-electron chi connectivity index (χ3n) is 1.45. The van der Waals surface area contributed by atoms with Gasteiger partial charge in [0.05, 0.1) is 5.56 Å². The van der Waals surface area contributed by atoms with E-state index < -0.39 is 17.4 Å². The van der Waals surface area contributed by atoms with Gasteiger partial charge < -0.3 is 15.3 Å². The van der Waals surface area contributed by atoms with Crippen molar-refractivity contribution in [3.05, 3.63) is 17.7 Å². The van der Waals surface area contributed by atoms with Gasteiger partial charge >= 0.3 is 0 Å². The van der Waals surface area contributed by atoms with E-state index in [4.69, 9.17) is 21.2 Å². The molecule has 0 aliphatic carbocycles. The molecule has 0 saturated heterocycles. The van der Waals surface area contributed by atoms with Crippen molar-refractivity contribution in [1.29, 1.82) is 0 Å². The highest BCUT2D eigenvalue weighted by Crippen LogP contribution is 2.32. The Labute approximate surface area is 73.2 Å². The minimum Gasteiger partial charge on any atom is -0.508 e. The van der Waals surface area contributed by atoms with Crippen LogP contribution in [0.4, 0.5) is 0 Å². The van der Waals surface area contributed by atoms with Crippen LogP contribution < -0.4 is 11.3 Å². The molecule has 6 nitrogen and oxygen atoms in total. The van der Waals surface area contributed by atoms with Crippen LogP contribution in [-0.4, -0.2) is 21.2 Å². The van der Waals surface area contributed by atoms with Crippen molar-refractivity contribution >= 4 is 5.91 Å². The molecule has 0 saturated carbocycles. The van der Waals surface area contributed by atoms with E-state index in [-0.39, 0.29) is 11.3 Å². The van der Waals surface area contributed by atoms with Crippen LogP contribution in [0.25, 0.3) is 0 Å². The number of benzene rings is 1. The number of nitrogen functional groups attached to an aromatic ring is 1. The fourth-order valence-electron chi connectivity index (χ4n) is 0.855. The molecule has 6 heteroatoms. The molecule has 0 spiro atoms. The van der Waals surface area contributed by atoms with Gasteiger partial charge in [-0.05, 0) is 6.07 Å². The van der Waals surface area contributed by atoms with Gasteiger partial charge in [-0.3, -0.25) is 10.2 Å². The number of carbonyl (C=O) groups excluding carboxylic acids is 1. The zero-order valence-corrected chi connectivity index (χ0v) is 6.48. The van der Waals surface area contributed by atoms with E-state index >= 15 is 0 Å². The number of phenols is 3. The average molecular weight is 184 g/mol. The van der Waals surface area contributed by atoms with Gasteiger partial charge in [-0.15, -0.1) is 0 Å². The molecule has 0 atom stereocenters. The molecule has 1 amide bonds. The van der Waals surface area contributed by atoms with Crippen molar-refractivity contribution in [2.45, 2.75) is 0 Å². The third-order valence-corrected chi connectivity index (χ3v) is 1.45. The van der Waals surface area contributed by atoms with Crippen LogP contribution in [0.5, 0.6) is 17.2 Å². The summed E-state index contributed by atoms with van der Waals surface area (Å²) in [5.74, 6) is 2.45. The number of rotatable bonds is 1. The Morgan fingerprint density at radius 3 is 2.46 bits per heavy atom. The molecule has 0 bridgehead atoms. The minimum atomic E-state index is -0.802. The van der Waals surface area contributed by atoms with Crippen LogP contribution in [0.2, 0.25) is 0 Å². The summed E-state index contributed by atoms with van der Waals surface area (Å²) in [6.45, 7) is 0. The van der Waals surface area contributed by atoms with Crippen molar-refractivity contribution in [2.75, 3.05) is 0 Å². The number of amides is 1. The third kappa shape index (κ3) is 1.62. The Kier molecular flexibility index (Phi) is 2.25. The van der Waals surface area contributed by atoms with Crippen LogP contribution in [-0.2, 0) is 0 Å². The molecule has 0 aliphatic heterocycles. The van der Waals surface area contributed by atoms with Crippen LogP contribution >= 0.6 is 0 Å². The van der Waals surface area contributed by atoms with E-state index in [0.29, 0.717) is 0 Å². The molecule has 0 aromatic heterocycles. The largest absolute Gasteiger partial charge is 0.508 e.